The van der Waals surface area contributed by atoms with Crippen LogP contribution >= 0.6 is 11.8 Å². The molecule has 6 saturated carbocycles. The van der Waals surface area contributed by atoms with Crippen molar-refractivity contribution < 1.29 is 19.2 Å². The Morgan fingerprint density at radius 1 is 1.23 bits per heavy atom. The monoisotopic (exact) mass is 446 g/mol. The SMILES string of the molecule is CC1(COc2noc(C(=O)N[C@H]3C4CC5CC3C[C@](O)(C5)C4)c2SC2CCCC2)CC1. The first-order valence-corrected chi connectivity index (χ1v) is 13.1. The maximum absolute atomic E-state index is 13.4. The summed E-state index contributed by atoms with van der Waals surface area (Å²) in [6.07, 6.45) is 12.0. The van der Waals surface area contributed by atoms with Gasteiger partial charge in [-0.2, -0.15) is 0 Å². The number of rotatable bonds is 7. The summed E-state index contributed by atoms with van der Waals surface area (Å²) < 4.78 is 11.7. The lowest BCUT2D eigenvalue weighted by Crippen LogP contribution is -2.61. The average Bonchev–Trinajstić information content (AvgIpc) is 3.10. The zero-order valence-electron chi connectivity index (χ0n) is 18.4. The van der Waals surface area contributed by atoms with E-state index in [2.05, 4.69) is 17.4 Å². The fraction of sp³-hybridized carbons (Fsp3) is 0.833. The Labute approximate surface area is 188 Å². The van der Waals surface area contributed by atoms with Gasteiger partial charge in [-0.15, -0.1) is 11.8 Å². The zero-order valence-corrected chi connectivity index (χ0v) is 19.2. The van der Waals surface area contributed by atoms with E-state index in [0.717, 1.165) is 37.0 Å². The highest BCUT2D eigenvalue weighted by molar-refractivity contribution is 8.00. The standard InChI is InChI=1S/C24H34N2O4S/c1-23(6-7-23)13-29-22-20(31-17-4-2-3-5-17)19(30-26-22)21(27)25-18-15-8-14-9-16(18)12-24(28,10-14)11-15/h14-18,28H,2-13H2,1H3,(H,25,27)/t14?,15?,16?,18-,24-. The van der Waals surface area contributed by atoms with Gasteiger partial charge in [0.25, 0.3) is 11.8 Å². The first kappa shape index (κ1) is 20.4. The average molecular weight is 447 g/mol. The Kier molecular flexibility index (Phi) is 4.87. The smallest absolute Gasteiger partial charge is 0.291 e. The lowest BCUT2D eigenvalue weighted by Gasteiger charge is -2.58. The van der Waals surface area contributed by atoms with E-state index in [0.29, 0.717) is 41.3 Å². The summed E-state index contributed by atoms with van der Waals surface area (Å²) in [5.74, 6) is 2.03. The number of amides is 1. The summed E-state index contributed by atoms with van der Waals surface area (Å²) in [7, 11) is 0. The number of carbonyl (C=O) groups is 1. The summed E-state index contributed by atoms with van der Waals surface area (Å²) in [5, 5.41) is 18.8. The minimum absolute atomic E-state index is 0.133. The van der Waals surface area contributed by atoms with Gasteiger partial charge >= 0.3 is 0 Å². The lowest BCUT2D eigenvalue weighted by molar-refractivity contribution is -0.137. The maximum Gasteiger partial charge on any atom is 0.291 e. The van der Waals surface area contributed by atoms with Gasteiger partial charge in [0.05, 0.1) is 12.2 Å². The van der Waals surface area contributed by atoms with Crippen LogP contribution in [-0.2, 0) is 0 Å². The van der Waals surface area contributed by atoms with E-state index in [4.69, 9.17) is 9.26 Å². The van der Waals surface area contributed by atoms with Crippen LogP contribution in [0.15, 0.2) is 9.42 Å². The number of hydrogen-bond acceptors (Lipinski definition) is 6. The summed E-state index contributed by atoms with van der Waals surface area (Å²) in [5.41, 5.74) is -0.245. The highest BCUT2D eigenvalue weighted by Crippen LogP contribution is 2.56. The summed E-state index contributed by atoms with van der Waals surface area (Å²) in [4.78, 5) is 14.1. The Hall–Kier alpha value is -1.21. The molecule has 170 valence electrons. The van der Waals surface area contributed by atoms with E-state index in [9.17, 15) is 9.90 Å². The predicted molar refractivity (Wildman–Crippen MR) is 117 cm³/mol. The van der Waals surface area contributed by atoms with Crippen molar-refractivity contribution in [2.75, 3.05) is 6.61 Å². The molecule has 31 heavy (non-hydrogen) atoms. The summed E-state index contributed by atoms with van der Waals surface area (Å²) >= 11 is 1.72. The molecule has 1 heterocycles. The second-order valence-electron chi connectivity index (χ2n) is 11.5. The number of hydrogen-bond donors (Lipinski definition) is 2. The molecule has 7 rings (SSSR count). The minimum atomic E-state index is -0.493. The Morgan fingerprint density at radius 2 is 1.94 bits per heavy atom. The summed E-state index contributed by atoms with van der Waals surface area (Å²) in [6.45, 7) is 2.86. The van der Waals surface area contributed by atoms with Crippen molar-refractivity contribution in [3.8, 4) is 5.88 Å². The van der Waals surface area contributed by atoms with Crippen molar-refractivity contribution in [1.29, 1.82) is 0 Å². The van der Waals surface area contributed by atoms with E-state index in [1.165, 1.54) is 38.5 Å². The number of nitrogens with one attached hydrogen (secondary N) is 1. The van der Waals surface area contributed by atoms with Gasteiger partial charge in [0.1, 0.15) is 4.90 Å². The molecular weight excluding hydrogens is 412 g/mol. The van der Waals surface area contributed by atoms with E-state index in [1.807, 2.05) is 0 Å². The van der Waals surface area contributed by atoms with Crippen LogP contribution in [0.2, 0.25) is 0 Å². The molecule has 0 saturated heterocycles. The van der Waals surface area contributed by atoms with Crippen molar-refractivity contribution in [2.24, 2.45) is 23.2 Å². The van der Waals surface area contributed by atoms with Crippen LogP contribution in [-0.4, -0.2) is 39.7 Å². The highest BCUT2D eigenvalue weighted by Gasteiger charge is 2.55. The minimum Gasteiger partial charge on any atom is -0.474 e. The van der Waals surface area contributed by atoms with Gasteiger partial charge in [0.2, 0.25) is 5.76 Å². The Balaban J connectivity index is 1.20. The summed E-state index contributed by atoms with van der Waals surface area (Å²) in [6, 6.07) is 0.133. The molecule has 6 aliphatic rings. The molecule has 7 heteroatoms. The highest BCUT2D eigenvalue weighted by atomic mass is 32.2. The Morgan fingerprint density at radius 3 is 2.58 bits per heavy atom. The Bertz CT molecular complexity index is 844. The molecule has 1 aromatic heterocycles. The molecule has 0 spiro atoms. The normalized spacial score (nSPS) is 37.9. The van der Waals surface area contributed by atoms with E-state index < -0.39 is 5.60 Å². The van der Waals surface area contributed by atoms with Crippen molar-refractivity contribution >= 4 is 17.7 Å². The maximum atomic E-state index is 13.4. The molecule has 6 fully saturated rings. The van der Waals surface area contributed by atoms with Crippen LogP contribution in [0, 0.1) is 23.2 Å². The van der Waals surface area contributed by atoms with Crippen molar-refractivity contribution in [3.63, 3.8) is 0 Å². The molecule has 1 amide bonds. The third-order valence-corrected chi connectivity index (χ3v) is 10.0. The number of ether oxygens (including phenoxy) is 1. The third-order valence-electron chi connectivity index (χ3n) is 8.61. The topological polar surface area (TPSA) is 84.6 Å². The van der Waals surface area contributed by atoms with Crippen LogP contribution in [0.25, 0.3) is 0 Å². The van der Waals surface area contributed by atoms with Crippen LogP contribution in [0.1, 0.15) is 88.1 Å². The van der Waals surface area contributed by atoms with Gasteiger partial charge in [0, 0.05) is 16.7 Å². The predicted octanol–water partition coefficient (Wildman–Crippen LogP) is 4.56. The first-order chi connectivity index (χ1) is 14.9. The van der Waals surface area contributed by atoms with Gasteiger partial charge in [0.15, 0.2) is 0 Å². The number of nitrogens with zero attached hydrogens (tertiary/aromatic N) is 1. The molecule has 2 unspecified atom stereocenters. The van der Waals surface area contributed by atoms with Gasteiger partial charge in [-0.25, -0.2) is 0 Å². The first-order valence-electron chi connectivity index (χ1n) is 12.2. The molecular formula is C24H34N2O4S. The van der Waals surface area contributed by atoms with Crippen molar-refractivity contribution in [1.82, 2.24) is 10.5 Å². The second-order valence-corrected chi connectivity index (χ2v) is 12.8. The molecule has 2 atom stereocenters. The van der Waals surface area contributed by atoms with Crippen LogP contribution in [0.3, 0.4) is 0 Å². The molecule has 0 aromatic carbocycles. The molecule has 1 aromatic rings. The molecule has 4 bridgehead atoms. The number of aromatic nitrogens is 1. The lowest BCUT2D eigenvalue weighted by atomic mass is 9.52. The van der Waals surface area contributed by atoms with Crippen molar-refractivity contribution in [2.45, 2.75) is 99.3 Å². The van der Waals surface area contributed by atoms with Gasteiger partial charge in [-0.1, -0.05) is 19.8 Å². The number of carbonyl (C=O) groups excluding carboxylic acids is 1. The molecule has 6 aliphatic carbocycles. The fourth-order valence-electron chi connectivity index (χ4n) is 6.81. The quantitative estimate of drug-likeness (QED) is 0.639. The number of thioether (sulfide) groups is 1. The van der Waals surface area contributed by atoms with Crippen LogP contribution < -0.4 is 10.1 Å². The number of aliphatic hydroxyl groups is 1. The fourth-order valence-corrected chi connectivity index (χ4v) is 8.15. The largest absolute Gasteiger partial charge is 0.474 e. The molecule has 0 radical (unpaired) electrons. The van der Waals surface area contributed by atoms with Gasteiger partial charge < -0.3 is 19.7 Å². The van der Waals surface area contributed by atoms with E-state index in [-0.39, 0.29) is 17.4 Å². The van der Waals surface area contributed by atoms with E-state index in [1.54, 1.807) is 11.8 Å². The van der Waals surface area contributed by atoms with Crippen LogP contribution in [0.4, 0.5) is 0 Å². The molecule has 2 N–H and O–H groups in total. The van der Waals surface area contributed by atoms with Gasteiger partial charge in [-0.3, -0.25) is 4.79 Å². The molecule has 6 nitrogen and oxygen atoms in total. The van der Waals surface area contributed by atoms with Gasteiger partial charge in [-0.05, 0) is 80.7 Å². The third kappa shape index (κ3) is 3.90. The second kappa shape index (κ2) is 7.41. The molecule has 0 aliphatic heterocycles. The van der Waals surface area contributed by atoms with Crippen molar-refractivity contribution in [3.05, 3.63) is 5.76 Å². The zero-order chi connectivity index (χ0) is 21.2. The van der Waals surface area contributed by atoms with E-state index >= 15 is 0 Å². The van der Waals surface area contributed by atoms with Crippen LogP contribution in [0.5, 0.6) is 5.88 Å².